The van der Waals surface area contributed by atoms with Crippen LogP contribution in [0.2, 0.25) is 0 Å². The molecule has 19 heteroatoms. The molecule has 0 aliphatic carbocycles. The number of esters is 4. The molecular weight excluding hydrogens is 1220 g/mol. The quantitative estimate of drug-likeness (QED) is 0.0222. The van der Waals surface area contributed by atoms with Crippen molar-refractivity contribution in [2.75, 3.05) is 39.6 Å². The summed E-state index contributed by atoms with van der Waals surface area (Å²) in [6.45, 7) is 9.51. The minimum Gasteiger partial charge on any atom is -0.462 e. The number of carbonyl (C=O) groups is 4. The first-order chi connectivity index (χ1) is 44.9. The van der Waals surface area contributed by atoms with Gasteiger partial charge in [0.25, 0.3) is 0 Å². The zero-order valence-corrected chi connectivity index (χ0v) is 62.3. The molecule has 0 amide bonds. The molecule has 6 atom stereocenters. The smallest absolute Gasteiger partial charge is 0.462 e. The van der Waals surface area contributed by atoms with E-state index in [2.05, 4.69) is 41.5 Å². The molecule has 0 aromatic carbocycles. The summed E-state index contributed by atoms with van der Waals surface area (Å²) in [5, 5.41) is 10.6. The van der Waals surface area contributed by atoms with Crippen molar-refractivity contribution in [2.45, 2.75) is 400 Å². The fourth-order valence-corrected chi connectivity index (χ4v) is 12.8. The third kappa shape index (κ3) is 67.0. The summed E-state index contributed by atoms with van der Waals surface area (Å²) < 4.78 is 68.4. The van der Waals surface area contributed by atoms with E-state index in [1.165, 1.54) is 199 Å². The summed E-state index contributed by atoms with van der Waals surface area (Å²) in [6.07, 6.45) is 52.9. The van der Waals surface area contributed by atoms with Crippen LogP contribution in [0.4, 0.5) is 0 Å². The second kappa shape index (κ2) is 66.0. The van der Waals surface area contributed by atoms with E-state index < -0.39 is 97.5 Å². The summed E-state index contributed by atoms with van der Waals surface area (Å²) in [6, 6.07) is 0. The molecule has 0 aliphatic rings. The summed E-state index contributed by atoms with van der Waals surface area (Å²) in [4.78, 5) is 72.6. The van der Waals surface area contributed by atoms with Gasteiger partial charge in [-0.3, -0.25) is 37.3 Å². The second-order valence-corrected chi connectivity index (χ2v) is 30.3. The van der Waals surface area contributed by atoms with Gasteiger partial charge < -0.3 is 33.8 Å². The van der Waals surface area contributed by atoms with Crippen LogP contribution in [0, 0.1) is 11.8 Å². The number of aliphatic hydroxyl groups is 1. The highest BCUT2D eigenvalue weighted by atomic mass is 31.2. The molecule has 0 bridgehead atoms. The van der Waals surface area contributed by atoms with Gasteiger partial charge in [0.1, 0.15) is 19.3 Å². The monoisotopic (exact) mass is 1370 g/mol. The maximum Gasteiger partial charge on any atom is 0.472 e. The third-order valence-electron chi connectivity index (χ3n) is 17.6. The van der Waals surface area contributed by atoms with Gasteiger partial charge in [-0.2, -0.15) is 0 Å². The van der Waals surface area contributed by atoms with Crippen molar-refractivity contribution in [1.29, 1.82) is 0 Å². The van der Waals surface area contributed by atoms with E-state index in [1.807, 2.05) is 0 Å². The standard InChI is InChI=1S/C74H144O17P2/c1-7-10-12-14-16-18-20-21-22-23-24-25-26-27-28-29-35-39-46-52-58-73(78)90-69(62-84-72(77)57-51-45-38-34-31-30-32-36-42-48-54-66(4)5)64-88-92(80,81)86-60-68(75)61-87-93(82,83)89-65-70(91-74(79)59-53-47-41-40-43-49-55-67(6)9-3)63-85-71(76)56-50-44-37-33-19-17-15-13-11-8-2/h66-70,75H,7-65H2,1-6H3,(H,80,81)(H,82,83)/t67?,68-,69-,70-/m1/s1. The summed E-state index contributed by atoms with van der Waals surface area (Å²) in [7, 11) is -9.90. The van der Waals surface area contributed by atoms with E-state index in [-0.39, 0.29) is 25.7 Å². The summed E-state index contributed by atoms with van der Waals surface area (Å²) in [5.41, 5.74) is 0. The van der Waals surface area contributed by atoms with Gasteiger partial charge in [-0.25, -0.2) is 9.13 Å². The number of aliphatic hydroxyl groups excluding tert-OH is 1. The van der Waals surface area contributed by atoms with Crippen molar-refractivity contribution >= 4 is 39.5 Å². The van der Waals surface area contributed by atoms with Gasteiger partial charge in [-0.1, -0.05) is 330 Å². The Balaban J connectivity index is 5.20. The Kier molecular flexibility index (Phi) is 64.6. The van der Waals surface area contributed by atoms with Gasteiger partial charge >= 0.3 is 39.5 Å². The van der Waals surface area contributed by atoms with Crippen LogP contribution in [0.1, 0.15) is 382 Å². The van der Waals surface area contributed by atoms with Crippen LogP contribution in [0.15, 0.2) is 0 Å². The number of ether oxygens (including phenoxy) is 4. The molecule has 0 aromatic heterocycles. The predicted octanol–water partition coefficient (Wildman–Crippen LogP) is 21.6. The molecule has 0 heterocycles. The molecule has 3 unspecified atom stereocenters. The van der Waals surface area contributed by atoms with Crippen molar-refractivity contribution in [3.8, 4) is 0 Å². The number of phosphoric acid groups is 2. The minimum atomic E-state index is -4.96. The van der Waals surface area contributed by atoms with Crippen LogP contribution in [-0.4, -0.2) is 96.7 Å². The zero-order chi connectivity index (χ0) is 68.6. The fourth-order valence-electron chi connectivity index (χ4n) is 11.3. The highest BCUT2D eigenvalue weighted by Crippen LogP contribution is 2.45. The predicted molar refractivity (Wildman–Crippen MR) is 377 cm³/mol. The van der Waals surface area contributed by atoms with Crippen molar-refractivity contribution in [2.24, 2.45) is 11.8 Å². The lowest BCUT2D eigenvalue weighted by Crippen LogP contribution is -2.30. The van der Waals surface area contributed by atoms with Gasteiger partial charge in [0.15, 0.2) is 12.2 Å². The van der Waals surface area contributed by atoms with Gasteiger partial charge in [-0.05, 0) is 37.5 Å². The van der Waals surface area contributed by atoms with Gasteiger partial charge in [0, 0.05) is 25.7 Å². The van der Waals surface area contributed by atoms with E-state index in [1.54, 1.807) is 0 Å². The topological polar surface area (TPSA) is 237 Å². The lowest BCUT2D eigenvalue weighted by molar-refractivity contribution is -0.161. The van der Waals surface area contributed by atoms with E-state index in [4.69, 9.17) is 37.0 Å². The first kappa shape index (κ1) is 91.1. The molecule has 552 valence electrons. The Hall–Kier alpha value is -1.94. The van der Waals surface area contributed by atoms with E-state index in [9.17, 15) is 43.2 Å². The molecule has 0 spiro atoms. The van der Waals surface area contributed by atoms with Crippen LogP contribution >= 0.6 is 15.6 Å². The fraction of sp³-hybridized carbons (Fsp3) is 0.946. The summed E-state index contributed by atoms with van der Waals surface area (Å²) in [5.74, 6) is -0.644. The Bertz CT molecular complexity index is 1810. The first-order valence-electron chi connectivity index (χ1n) is 38.5. The van der Waals surface area contributed by atoms with Crippen molar-refractivity contribution in [1.82, 2.24) is 0 Å². The van der Waals surface area contributed by atoms with Crippen molar-refractivity contribution in [3.63, 3.8) is 0 Å². The zero-order valence-electron chi connectivity index (χ0n) is 60.6. The van der Waals surface area contributed by atoms with Crippen LogP contribution in [0.5, 0.6) is 0 Å². The Morgan fingerprint density at radius 2 is 0.548 bits per heavy atom. The SMILES string of the molecule is CCCCCCCCCCCCCCCCCCCCCCC(=O)O[C@H](COC(=O)CCCCCCCCCCCCC(C)C)COP(=O)(O)OC[C@@H](O)COP(=O)(O)OC[C@@H](COC(=O)CCCCCCCCCCCC)OC(=O)CCCCCCCCC(C)CC. The normalized spacial score (nSPS) is 14.3. The van der Waals surface area contributed by atoms with Gasteiger partial charge in [-0.15, -0.1) is 0 Å². The van der Waals surface area contributed by atoms with Crippen LogP contribution < -0.4 is 0 Å². The average molecular weight is 1370 g/mol. The Labute approximate surface area is 568 Å². The molecule has 0 fully saturated rings. The molecule has 0 saturated carbocycles. The third-order valence-corrected chi connectivity index (χ3v) is 19.5. The van der Waals surface area contributed by atoms with Gasteiger partial charge in [0.2, 0.25) is 0 Å². The first-order valence-corrected chi connectivity index (χ1v) is 41.5. The van der Waals surface area contributed by atoms with Crippen molar-refractivity contribution < 1.29 is 80.2 Å². The molecule has 3 N–H and O–H groups in total. The maximum atomic E-state index is 13.1. The molecule has 93 heavy (non-hydrogen) atoms. The number of rotatable bonds is 73. The molecule has 0 saturated heterocycles. The lowest BCUT2D eigenvalue weighted by atomic mass is 10.00. The Morgan fingerprint density at radius 1 is 0.312 bits per heavy atom. The number of hydrogen-bond acceptors (Lipinski definition) is 15. The average Bonchev–Trinajstić information content (AvgIpc) is 1.71. The lowest BCUT2D eigenvalue weighted by Gasteiger charge is -2.21. The minimum absolute atomic E-state index is 0.103. The highest BCUT2D eigenvalue weighted by molar-refractivity contribution is 7.47. The number of carbonyl (C=O) groups excluding carboxylic acids is 4. The molecule has 0 radical (unpaired) electrons. The maximum absolute atomic E-state index is 13.1. The highest BCUT2D eigenvalue weighted by Gasteiger charge is 2.30. The van der Waals surface area contributed by atoms with Crippen LogP contribution in [0.25, 0.3) is 0 Å². The van der Waals surface area contributed by atoms with E-state index in [0.717, 1.165) is 102 Å². The van der Waals surface area contributed by atoms with Gasteiger partial charge in [0.05, 0.1) is 26.4 Å². The molecule has 0 aliphatic heterocycles. The molecular formula is C74H144O17P2. The Morgan fingerprint density at radius 3 is 0.817 bits per heavy atom. The van der Waals surface area contributed by atoms with E-state index in [0.29, 0.717) is 25.7 Å². The molecule has 17 nitrogen and oxygen atoms in total. The number of phosphoric ester groups is 2. The number of hydrogen-bond donors (Lipinski definition) is 3. The van der Waals surface area contributed by atoms with Crippen LogP contribution in [-0.2, 0) is 65.4 Å². The molecule has 0 rings (SSSR count). The summed E-state index contributed by atoms with van der Waals surface area (Å²) >= 11 is 0. The van der Waals surface area contributed by atoms with Crippen molar-refractivity contribution in [3.05, 3.63) is 0 Å². The van der Waals surface area contributed by atoms with E-state index >= 15 is 0 Å². The second-order valence-electron chi connectivity index (χ2n) is 27.4. The van der Waals surface area contributed by atoms with Crippen LogP contribution in [0.3, 0.4) is 0 Å². The molecule has 0 aromatic rings. The largest absolute Gasteiger partial charge is 0.472 e. The number of unbranched alkanes of at least 4 members (excludes halogenated alkanes) is 42.